The molecule has 1 saturated heterocycles. The second-order valence-electron chi connectivity index (χ2n) is 5.98. The van der Waals surface area contributed by atoms with Crippen LogP contribution < -0.4 is 15.3 Å². The summed E-state index contributed by atoms with van der Waals surface area (Å²) in [4.78, 5) is 18.3. The van der Waals surface area contributed by atoms with Gasteiger partial charge in [-0.2, -0.15) is 10.2 Å². The van der Waals surface area contributed by atoms with Gasteiger partial charge in [-0.05, 0) is 17.7 Å². The van der Waals surface area contributed by atoms with E-state index in [1.807, 2.05) is 0 Å². The maximum atomic E-state index is 13.4. The van der Waals surface area contributed by atoms with E-state index in [2.05, 4.69) is 9.88 Å². The van der Waals surface area contributed by atoms with Crippen molar-refractivity contribution in [3.05, 3.63) is 51.7 Å². The van der Waals surface area contributed by atoms with E-state index < -0.39 is 5.82 Å². The third-order valence-corrected chi connectivity index (χ3v) is 4.42. The SMILES string of the molecule is N#Cc1cc(COc2cc3n(c(=O)n2)CC2COCCN32)ccc1F. The molecule has 0 spiro atoms. The summed E-state index contributed by atoms with van der Waals surface area (Å²) >= 11 is 0. The van der Waals surface area contributed by atoms with Gasteiger partial charge in [-0.3, -0.25) is 4.57 Å². The number of morpholine rings is 1. The Kier molecular flexibility index (Phi) is 3.86. The molecule has 2 aliphatic rings. The molecule has 1 aromatic heterocycles. The Bertz CT molecular complexity index is 921. The number of benzene rings is 1. The van der Waals surface area contributed by atoms with Crippen molar-refractivity contribution in [2.75, 3.05) is 24.7 Å². The number of fused-ring (bicyclic) bond motifs is 3. The first-order valence-electron chi connectivity index (χ1n) is 7.93. The van der Waals surface area contributed by atoms with Crippen LogP contribution in [0.4, 0.5) is 10.2 Å². The number of ether oxygens (including phenoxy) is 2. The highest BCUT2D eigenvalue weighted by molar-refractivity contribution is 5.47. The van der Waals surface area contributed by atoms with Crippen LogP contribution in [0.3, 0.4) is 0 Å². The zero-order chi connectivity index (χ0) is 17.4. The molecule has 0 radical (unpaired) electrons. The maximum Gasteiger partial charge on any atom is 0.352 e. The number of nitrogens with zero attached hydrogens (tertiary/aromatic N) is 4. The zero-order valence-electron chi connectivity index (χ0n) is 13.3. The lowest BCUT2D eigenvalue weighted by atomic mass is 10.1. The van der Waals surface area contributed by atoms with Crippen LogP contribution in [0.25, 0.3) is 0 Å². The molecule has 0 aliphatic carbocycles. The largest absolute Gasteiger partial charge is 0.473 e. The van der Waals surface area contributed by atoms with Gasteiger partial charge in [-0.1, -0.05) is 6.07 Å². The van der Waals surface area contributed by atoms with Crippen molar-refractivity contribution in [1.29, 1.82) is 5.26 Å². The second kappa shape index (κ2) is 6.18. The van der Waals surface area contributed by atoms with Crippen LogP contribution in [0.1, 0.15) is 11.1 Å². The van der Waals surface area contributed by atoms with Gasteiger partial charge in [0.2, 0.25) is 5.88 Å². The molecule has 4 rings (SSSR count). The minimum atomic E-state index is -0.571. The van der Waals surface area contributed by atoms with Crippen LogP contribution in [-0.4, -0.2) is 35.4 Å². The average Bonchev–Trinajstić information content (AvgIpc) is 3.00. The van der Waals surface area contributed by atoms with Gasteiger partial charge in [0.05, 0.1) is 31.4 Å². The van der Waals surface area contributed by atoms with E-state index in [1.54, 1.807) is 16.7 Å². The molecule has 1 aromatic carbocycles. The molecule has 8 heteroatoms. The zero-order valence-corrected chi connectivity index (χ0v) is 13.3. The second-order valence-corrected chi connectivity index (χ2v) is 5.98. The van der Waals surface area contributed by atoms with Gasteiger partial charge >= 0.3 is 5.69 Å². The number of aromatic nitrogens is 2. The van der Waals surface area contributed by atoms with Crippen LogP contribution in [0.5, 0.6) is 5.88 Å². The van der Waals surface area contributed by atoms with Gasteiger partial charge < -0.3 is 14.4 Å². The van der Waals surface area contributed by atoms with Crippen molar-refractivity contribution < 1.29 is 13.9 Å². The first-order valence-corrected chi connectivity index (χ1v) is 7.93. The summed E-state index contributed by atoms with van der Waals surface area (Å²) in [6.45, 7) is 2.58. The average molecular weight is 342 g/mol. The van der Waals surface area contributed by atoms with E-state index in [9.17, 15) is 9.18 Å². The molecule has 3 heterocycles. The summed E-state index contributed by atoms with van der Waals surface area (Å²) in [5.41, 5.74) is 0.225. The van der Waals surface area contributed by atoms with E-state index in [4.69, 9.17) is 14.7 Å². The van der Waals surface area contributed by atoms with Gasteiger partial charge in [0.25, 0.3) is 0 Å². The van der Waals surface area contributed by atoms with Gasteiger partial charge in [-0.15, -0.1) is 0 Å². The molecule has 0 saturated carbocycles. The van der Waals surface area contributed by atoms with E-state index in [1.165, 1.54) is 18.2 Å². The third-order valence-electron chi connectivity index (χ3n) is 4.42. The molecule has 0 N–H and O–H groups in total. The number of hydrogen-bond acceptors (Lipinski definition) is 6. The lowest BCUT2D eigenvalue weighted by Crippen LogP contribution is -2.43. The summed E-state index contributed by atoms with van der Waals surface area (Å²) in [6.07, 6.45) is 0. The molecule has 2 aromatic rings. The number of halogens is 1. The highest BCUT2D eigenvalue weighted by atomic mass is 19.1. The third kappa shape index (κ3) is 2.83. The van der Waals surface area contributed by atoms with Gasteiger partial charge in [-0.25, -0.2) is 9.18 Å². The molecule has 128 valence electrons. The first-order chi connectivity index (χ1) is 12.2. The standard InChI is InChI=1S/C17H15FN4O3/c18-14-2-1-11(5-12(14)7-19)9-25-15-6-16-21-3-4-24-10-13(21)8-22(16)17(23)20-15/h1-2,5-6,13H,3-4,8-10H2. The fraction of sp³-hybridized carbons (Fsp3) is 0.353. The van der Waals surface area contributed by atoms with Crippen LogP contribution in [0.15, 0.2) is 29.1 Å². The van der Waals surface area contributed by atoms with Gasteiger partial charge in [0, 0.05) is 12.6 Å². The molecule has 25 heavy (non-hydrogen) atoms. The van der Waals surface area contributed by atoms with Crippen molar-refractivity contribution in [2.45, 2.75) is 19.2 Å². The Labute approximate surface area is 142 Å². The Morgan fingerprint density at radius 3 is 3.16 bits per heavy atom. The number of hydrogen-bond donors (Lipinski definition) is 0. The normalized spacial score (nSPS) is 18.4. The van der Waals surface area contributed by atoms with Crippen molar-refractivity contribution >= 4 is 5.82 Å². The topological polar surface area (TPSA) is 80.4 Å². The summed E-state index contributed by atoms with van der Waals surface area (Å²) in [5.74, 6) is 0.421. The lowest BCUT2D eigenvalue weighted by molar-refractivity contribution is 0.0956. The molecule has 0 amide bonds. The van der Waals surface area contributed by atoms with Gasteiger partial charge in [0.1, 0.15) is 24.3 Å². The fourth-order valence-electron chi connectivity index (χ4n) is 3.18. The molecule has 1 unspecified atom stereocenters. The number of rotatable bonds is 3. The number of nitriles is 1. The monoisotopic (exact) mass is 342 g/mol. The molecule has 0 bridgehead atoms. The minimum Gasteiger partial charge on any atom is -0.473 e. The van der Waals surface area contributed by atoms with Crippen LogP contribution >= 0.6 is 0 Å². The molecular weight excluding hydrogens is 327 g/mol. The van der Waals surface area contributed by atoms with Crippen LogP contribution in [-0.2, 0) is 17.9 Å². The Morgan fingerprint density at radius 1 is 1.44 bits per heavy atom. The van der Waals surface area contributed by atoms with Crippen molar-refractivity contribution in [2.24, 2.45) is 0 Å². The predicted octanol–water partition coefficient (Wildman–Crippen LogP) is 1.05. The molecular formula is C17H15FN4O3. The highest BCUT2D eigenvalue weighted by Crippen LogP contribution is 2.28. The molecule has 2 aliphatic heterocycles. The minimum absolute atomic E-state index is 0.0424. The smallest absolute Gasteiger partial charge is 0.352 e. The maximum absolute atomic E-state index is 13.4. The molecule has 1 atom stereocenters. The quantitative estimate of drug-likeness (QED) is 0.829. The lowest BCUT2D eigenvalue weighted by Gasteiger charge is -2.30. The first kappa shape index (κ1) is 15.6. The Hall–Kier alpha value is -2.92. The summed E-state index contributed by atoms with van der Waals surface area (Å²) in [5, 5.41) is 8.88. The molecule has 1 fully saturated rings. The Balaban J connectivity index is 1.56. The van der Waals surface area contributed by atoms with Crippen LogP contribution in [0.2, 0.25) is 0 Å². The number of anilines is 1. The highest BCUT2D eigenvalue weighted by Gasteiger charge is 2.33. The van der Waals surface area contributed by atoms with E-state index in [-0.39, 0.29) is 29.8 Å². The van der Waals surface area contributed by atoms with E-state index in [0.717, 1.165) is 12.4 Å². The van der Waals surface area contributed by atoms with Gasteiger partial charge in [0.15, 0.2) is 0 Å². The summed E-state index contributed by atoms with van der Waals surface area (Å²) in [6, 6.07) is 7.86. The van der Waals surface area contributed by atoms with E-state index in [0.29, 0.717) is 25.3 Å². The van der Waals surface area contributed by atoms with Crippen molar-refractivity contribution in [3.8, 4) is 11.9 Å². The van der Waals surface area contributed by atoms with Crippen molar-refractivity contribution in [3.63, 3.8) is 0 Å². The summed E-state index contributed by atoms with van der Waals surface area (Å²) in [7, 11) is 0. The van der Waals surface area contributed by atoms with Crippen molar-refractivity contribution in [1.82, 2.24) is 9.55 Å². The van der Waals surface area contributed by atoms with E-state index >= 15 is 0 Å². The Morgan fingerprint density at radius 2 is 2.32 bits per heavy atom. The van der Waals surface area contributed by atoms with Crippen LogP contribution in [0, 0.1) is 17.1 Å². The molecule has 7 nitrogen and oxygen atoms in total. The fourth-order valence-corrected chi connectivity index (χ4v) is 3.18. The predicted molar refractivity (Wildman–Crippen MR) is 85.9 cm³/mol. The summed E-state index contributed by atoms with van der Waals surface area (Å²) < 4.78 is 26.0.